The number of hydrogen-bond donors (Lipinski definition) is 1. The lowest BCUT2D eigenvalue weighted by Gasteiger charge is -2.21. The Bertz CT molecular complexity index is 613. The highest BCUT2D eigenvalue weighted by Crippen LogP contribution is 2.23. The molecular formula is C14H22N2O4S. The minimum absolute atomic E-state index is 0.0486. The lowest BCUT2D eigenvalue weighted by Crippen LogP contribution is -2.34. The molecule has 0 bridgehead atoms. The van der Waals surface area contributed by atoms with E-state index in [9.17, 15) is 13.2 Å². The van der Waals surface area contributed by atoms with Crippen molar-refractivity contribution < 1.29 is 17.9 Å². The van der Waals surface area contributed by atoms with Gasteiger partial charge in [-0.2, -0.15) is 0 Å². The van der Waals surface area contributed by atoms with Crippen LogP contribution in [-0.4, -0.2) is 39.4 Å². The average Bonchev–Trinajstić information content (AvgIpc) is 2.45. The third-order valence-corrected chi connectivity index (χ3v) is 5.20. The SMILES string of the molecule is CCc1ccc(N)cc1S(=O)(=O)N(C)CC(C)C(=O)OC. The Morgan fingerprint density at radius 1 is 1.43 bits per heavy atom. The third-order valence-electron chi connectivity index (χ3n) is 3.29. The van der Waals surface area contributed by atoms with Crippen molar-refractivity contribution in [2.45, 2.75) is 25.2 Å². The number of carbonyl (C=O) groups is 1. The first kappa shape index (κ1) is 17.5. The number of hydrogen-bond acceptors (Lipinski definition) is 5. The van der Waals surface area contributed by atoms with E-state index >= 15 is 0 Å². The Labute approximate surface area is 125 Å². The van der Waals surface area contributed by atoms with Crippen molar-refractivity contribution >= 4 is 21.7 Å². The molecule has 0 saturated carbocycles. The number of nitrogens with two attached hydrogens (primary N) is 1. The summed E-state index contributed by atoms with van der Waals surface area (Å²) in [5.41, 5.74) is 6.78. The van der Waals surface area contributed by atoms with Crippen LogP contribution in [0.25, 0.3) is 0 Å². The number of methoxy groups -OCH3 is 1. The minimum atomic E-state index is -3.70. The maximum absolute atomic E-state index is 12.6. The van der Waals surface area contributed by atoms with Gasteiger partial charge in [0.2, 0.25) is 10.0 Å². The summed E-state index contributed by atoms with van der Waals surface area (Å²) in [6, 6.07) is 4.84. The Morgan fingerprint density at radius 2 is 2.05 bits per heavy atom. The standard InChI is InChI=1S/C14H22N2O4S/c1-5-11-6-7-12(15)8-13(11)21(18,19)16(3)9-10(2)14(17)20-4/h6-8,10H,5,9,15H2,1-4H3. The van der Waals surface area contributed by atoms with E-state index in [2.05, 4.69) is 4.74 Å². The highest BCUT2D eigenvalue weighted by atomic mass is 32.2. The number of anilines is 1. The zero-order valence-corrected chi connectivity index (χ0v) is 13.6. The molecule has 7 heteroatoms. The van der Waals surface area contributed by atoms with Crippen LogP contribution in [-0.2, 0) is 26.0 Å². The van der Waals surface area contributed by atoms with E-state index in [0.717, 1.165) is 4.31 Å². The number of nitrogen functional groups attached to an aromatic ring is 1. The first-order chi connectivity index (χ1) is 9.73. The van der Waals surface area contributed by atoms with Crippen LogP contribution in [0.15, 0.2) is 23.1 Å². The summed E-state index contributed by atoms with van der Waals surface area (Å²) in [4.78, 5) is 11.6. The average molecular weight is 314 g/mol. The topological polar surface area (TPSA) is 89.7 Å². The highest BCUT2D eigenvalue weighted by molar-refractivity contribution is 7.89. The third kappa shape index (κ3) is 3.95. The largest absolute Gasteiger partial charge is 0.469 e. The molecule has 0 heterocycles. The second kappa shape index (κ2) is 6.91. The monoisotopic (exact) mass is 314 g/mol. The number of aryl methyl sites for hydroxylation is 1. The van der Waals surface area contributed by atoms with Gasteiger partial charge < -0.3 is 10.5 Å². The summed E-state index contributed by atoms with van der Waals surface area (Å²) in [7, 11) is -0.975. The van der Waals surface area contributed by atoms with E-state index in [4.69, 9.17) is 5.73 Å². The Morgan fingerprint density at radius 3 is 2.57 bits per heavy atom. The predicted molar refractivity (Wildman–Crippen MR) is 81.2 cm³/mol. The smallest absolute Gasteiger partial charge is 0.309 e. The number of nitrogens with zero attached hydrogens (tertiary/aromatic N) is 1. The summed E-state index contributed by atoms with van der Waals surface area (Å²) in [6.07, 6.45) is 0.579. The van der Waals surface area contributed by atoms with Crippen LogP contribution in [0.2, 0.25) is 0 Å². The minimum Gasteiger partial charge on any atom is -0.469 e. The van der Waals surface area contributed by atoms with Crippen molar-refractivity contribution in [1.82, 2.24) is 4.31 Å². The van der Waals surface area contributed by atoms with Crippen LogP contribution in [0.5, 0.6) is 0 Å². The number of carbonyl (C=O) groups excluding carboxylic acids is 1. The van der Waals surface area contributed by atoms with Crippen molar-refractivity contribution in [1.29, 1.82) is 0 Å². The van der Waals surface area contributed by atoms with Gasteiger partial charge in [0.1, 0.15) is 0 Å². The van der Waals surface area contributed by atoms with E-state index < -0.39 is 21.9 Å². The van der Waals surface area contributed by atoms with Crippen LogP contribution in [0.3, 0.4) is 0 Å². The molecule has 1 atom stereocenters. The lowest BCUT2D eigenvalue weighted by atomic mass is 10.1. The van der Waals surface area contributed by atoms with Gasteiger partial charge in [0, 0.05) is 19.3 Å². The van der Waals surface area contributed by atoms with E-state index in [1.165, 1.54) is 20.2 Å². The van der Waals surface area contributed by atoms with Gasteiger partial charge in [0.25, 0.3) is 0 Å². The molecule has 1 unspecified atom stereocenters. The van der Waals surface area contributed by atoms with Gasteiger partial charge in [-0.05, 0) is 24.1 Å². The fourth-order valence-electron chi connectivity index (χ4n) is 2.03. The summed E-state index contributed by atoms with van der Waals surface area (Å²) < 4.78 is 31.0. The van der Waals surface area contributed by atoms with Gasteiger partial charge in [0.15, 0.2) is 0 Å². The summed E-state index contributed by atoms with van der Waals surface area (Å²) in [5, 5.41) is 0. The number of rotatable bonds is 6. The molecule has 1 rings (SSSR count). The first-order valence-corrected chi connectivity index (χ1v) is 8.10. The molecule has 2 N–H and O–H groups in total. The number of ether oxygens (including phenoxy) is 1. The molecule has 0 spiro atoms. The molecule has 0 radical (unpaired) electrons. The second-order valence-electron chi connectivity index (χ2n) is 4.93. The summed E-state index contributed by atoms with van der Waals surface area (Å²) >= 11 is 0. The van der Waals surface area contributed by atoms with E-state index in [-0.39, 0.29) is 11.4 Å². The fraction of sp³-hybridized carbons (Fsp3) is 0.500. The molecule has 118 valence electrons. The molecule has 0 fully saturated rings. The molecular weight excluding hydrogens is 292 g/mol. The van der Waals surface area contributed by atoms with Gasteiger partial charge in [-0.1, -0.05) is 19.9 Å². The quantitative estimate of drug-likeness (QED) is 0.630. The number of sulfonamides is 1. The van der Waals surface area contributed by atoms with Crippen LogP contribution in [0, 0.1) is 5.92 Å². The zero-order chi connectivity index (χ0) is 16.2. The maximum Gasteiger partial charge on any atom is 0.309 e. The fourth-order valence-corrected chi connectivity index (χ4v) is 3.62. The maximum atomic E-state index is 12.6. The molecule has 0 aliphatic rings. The van der Waals surface area contributed by atoms with Crippen LogP contribution >= 0.6 is 0 Å². The number of esters is 1. The normalized spacial score (nSPS) is 13.2. The first-order valence-electron chi connectivity index (χ1n) is 6.66. The van der Waals surface area contributed by atoms with Crippen LogP contribution < -0.4 is 5.73 Å². The lowest BCUT2D eigenvalue weighted by molar-refractivity contribution is -0.144. The van der Waals surface area contributed by atoms with Crippen molar-refractivity contribution in [3.8, 4) is 0 Å². The highest BCUT2D eigenvalue weighted by Gasteiger charge is 2.27. The van der Waals surface area contributed by atoms with E-state index in [0.29, 0.717) is 17.7 Å². The molecule has 0 aliphatic heterocycles. The van der Waals surface area contributed by atoms with Crippen LogP contribution in [0.4, 0.5) is 5.69 Å². The number of benzene rings is 1. The van der Waals surface area contributed by atoms with Gasteiger partial charge in [0.05, 0.1) is 17.9 Å². The Hall–Kier alpha value is -1.60. The van der Waals surface area contributed by atoms with Crippen molar-refractivity contribution in [3.63, 3.8) is 0 Å². The molecule has 0 amide bonds. The van der Waals surface area contributed by atoms with Gasteiger partial charge >= 0.3 is 5.97 Å². The molecule has 0 aliphatic carbocycles. The second-order valence-corrected chi connectivity index (χ2v) is 6.94. The summed E-state index contributed by atoms with van der Waals surface area (Å²) in [5.74, 6) is -0.985. The molecule has 0 saturated heterocycles. The molecule has 0 aromatic heterocycles. The van der Waals surface area contributed by atoms with Crippen LogP contribution in [0.1, 0.15) is 19.4 Å². The van der Waals surface area contributed by atoms with Gasteiger partial charge in [-0.25, -0.2) is 12.7 Å². The Balaban J connectivity index is 3.11. The molecule has 1 aromatic rings. The van der Waals surface area contributed by atoms with Crippen molar-refractivity contribution in [2.75, 3.05) is 26.4 Å². The van der Waals surface area contributed by atoms with Crippen molar-refractivity contribution in [2.24, 2.45) is 5.92 Å². The van der Waals surface area contributed by atoms with E-state index in [1.807, 2.05) is 6.92 Å². The Kier molecular flexibility index (Phi) is 5.74. The van der Waals surface area contributed by atoms with E-state index in [1.54, 1.807) is 19.1 Å². The molecule has 21 heavy (non-hydrogen) atoms. The van der Waals surface area contributed by atoms with Gasteiger partial charge in [-0.3, -0.25) is 4.79 Å². The zero-order valence-electron chi connectivity index (χ0n) is 12.8. The van der Waals surface area contributed by atoms with Crippen molar-refractivity contribution in [3.05, 3.63) is 23.8 Å². The molecule has 1 aromatic carbocycles. The molecule has 6 nitrogen and oxygen atoms in total. The van der Waals surface area contributed by atoms with Gasteiger partial charge in [-0.15, -0.1) is 0 Å². The summed E-state index contributed by atoms with van der Waals surface area (Å²) in [6.45, 7) is 3.55. The predicted octanol–water partition coefficient (Wildman–Crippen LogP) is 1.26.